The molecule has 0 saturated carbocycles. The van der Waals surface area contributed by atoms with Crippen LogP contribution in [0.4, 0.5) is 5.69 Å². The first-order valence-corrected chi connectivity index (χ1v) is 15.2. The fourth-order valence-corrected chi connectivity index (χ4v) is 7.31. The minimum Gasteiger partial charge on any atom is -0.512 e. The van der Waals surface area contributed by atoms with E-state index in [1.54, 1.807) is 48.5 Å². The zero-order valence-corrected chi connectivity index (χ0v) is 24.2. The lowest BCUT2D eigenvalue weighted by Gasteiger charge is -2.39. The van der Waals surface area contributed by atoms with Gasteiger partial charge in [-0.1, -0.05) is 62.8 Å². The molecule has 2 N–H and O–H groups in total. The molecule has 2 aromatic rings. The van der Waals surface area contributed by atoms with E-state index in [-0.39, 0.29) is 28.8 Å². The molecule has 0 aliphatic heterocycles. The maximum absolute atomic E-state index is 13.5. The third kappa shape index (κ3) is 6.33. The first-order chi connectivity index (χ1) is 18.7. The Morgan fingerprint density at radius 3 is 2.44 bits per heavy atom. The van der Waals surface area contributed by atoms with E-state index in [2.05, 4.69) is 39.1 Å². The van der Waals surface area contributed by atoms with Crippen LogP contribution in [-0.2, 0) is 15.6 Å². The normalized spacial score (nSPS) is 22.5. The molecule has 2 aliphatic carbocycles. The fraction of sp³-hybridized carbons (Fsp3) is 0.394. The summed E-state index contributed by atoms with van der Waals surface area (Å²) in [6.07, 6.45) is 6.07. The van der Waals surface area contributed by atoms with Crippen LogP contribution >= 0.6 is 0 Å². The number of allylic oxidation sites excluding steroid dienone is 6. The number of aliphatic hydroxyl groups excluding tert-OH is 1. The number of carbonyl (C=O) groups excluding carboxylic acids is 2. The average Bonchev–Trinajstić information content (AvgIpc) is 2.93. The van der Waals surface area contributed by atoms with E-state index >= 15 is 0 Å². The van der Waals surface area contributed by atoms with Crippen molar-refractivity contribution in [2.24, 2.45) is 11.3 Å². The van der Waals surface area contributed by atoms with Gasteiger partial charge in [0.15, 0.2) is 5.78 Å². The predicted molar refractivity (Wildman–Crippen MR) is 158 cm³/mol. The molecule has 2 aromatic carbocycles. The number of nitrogens with one attached hydrogen (secondary N) is 1. The molecule has 4 rings (SSSR count). The van der Waals surface area contributed by atoms with Gasteiger partial charge in [0.1, 0.15) is 5.76 Å². The molecular formula is C33H39NO4S. The second-order valence-electron chi connectivity index (χ2n) is 11.0. The van der Waals surface area contributed by atoms with Crippen LogP contribution in [0.3, 0.4) is 0 Å². The van der Waals surface area contributed by atoms with Gasteiger partial charge in [0, 0.05) is 24.2 Å². The molecule has 2 aliphatic rings. The minimum atomic E-state index is -1.37. The average molecular weight is 546 g/mol. The minimum absolute atomic E-state index is 0.0152. The molecule has 206 valence electrons. The number of amides is 1. The highest BCUT2D eigenvalue weighted by Crippen LogP contribution is 2.49. The molecule has 0 fully saturated rings. The van der Waals surface area contributed by atoms with Crippen molar-refractivity contribution in [2.75, 3.05) is 11.1 Å². The number of carbonyl (C=O) groups is 2. The summed E-state index contributed by atoms with van der Waals surface area (Å²) < 4.78 is 13.3. The van der Waals surface area contributed by atoms with Crippen LogP contribution in [0.2, 0.25) is 0 Å². The van der Waals surface area contributed by atoms with Crippen molar-refractivity contribution in [3.8, 4) is 0 Å². The van der Waals surface area contributed by atoms with Crippen molar-refractivity contribution >= 4 is 28.2 Å². The summed E-state index contributed by atoms with van der Waals surface area (Å²) >= 11 is 0. The summed E-state index contributed by atoms with van der Waals surface area (Å²) in [6.45, 7) is 8.59. The van der Waals surface area contributed by atoms with Gasteiger partial charge in [-0.25, -0.2) is 0 Å². The Bertz CT molecular complexity index is 1370. The van der Waals surface area contributed by atoms with E-state index < -0.39 is 10.8 Å². The summed E-state index contributed by atoms with van der Waals surface area (Å²) in [5.74, 6) is 0.171. The zero-order valence-electron chi connectivity index (χ0n) is 23.4. The van der Waals surface area contributed by atoms with Crippen LogP contribution in [0.5, 0.6) is 0 Å². The Hall–Kier alpha value is -3.25. The van der Waals surface area contributed by atoms with Crippen molar-refractivity contribution in [2.45, 2.75) is 71.1 Å². The van der Waals surface area contributed by atoms with Gasteiger partial charge in [-0.3, -0.25) is 13.8 Å². The van der Waals surface area contributed by atoms with Gasteiger partial charge in [0.05, 0.1) is 27.0 Å². The molecule has 5 nitrogen and oxygen atoms in total. The third-order valence-corrected chi connectivity index (χ3v) is 9.53. The fourth-order valence-electron chi connectivity index (χ4n) is 5.95. The van der Waals surface area contributed by atoms with E-state index in [4.69, 9.17) is 0 Å². The molecule has 39 heavy (non-hydrogen) atoms. The molecule has 0 bridgehead atoms. The van der Waals surface area contributed by atoms with E-state index in [9.17, 15) is 18.9 Å². The lowest BCUT2D eigenvalue weighted by molar-refractivity contribution is -0.117. The first-order valence-electron chi connectivity index (χ1n) is 13.9. The number of benzene rings is 2. The molecule has 1 amide bonds. The zero-order chi connectivity index (χ0) is 28.2. The van der Waals surface area contributed by atoms with Gasteiger partial charge < -0.3 is 10.4 Å². The van der Waals surface area contributed by atoms with Gasteiger partial charge in [0.25, 0.3) is 5.91 Å². The standard InChI is InChI=1S/C33H39NO4S/c1-5-24-18-22(3)21-33(4,6-2)31(24)30-27(35)19-23(20-28(30)36)16-17-39(38)29-15-11-10-14-26(29)34-32(37)25-12-8-7-9-13-25/h7-15,18,23,35H,5-6,16-17,19-21H2,1-4H3,(H,34,37). The first kappa shape index (κ1) is 28.8. The molecule has 0 heterocycles. The van der Waals surface area contributed by atoms with Crippen molar-refractivity contribution in [1.82, 2.24) is 0 Å². The van der Waals surface area contributed by atoms with Crippen LogP contribution in [0.25, 0.3) is 0 Å². The van der Waals surface area contributed by atoms with Crippen LogP contribution in [0, 0.1) is 11.3 Å². The number of hydrogen-bond acceptors (Lipinski definition) is 4. The van der Waals surface area contributed by atoms with Gasteiger partial charge >= 0.3 is 0 Å². The number of aliphatic hydroxyl groups is 1. The molecule has 6 heteroatoms. The second kappa shape index (κ2) is 12.3. The van der Waals surface area contributed by atoms with Crippen LogP contribution < -0.4 is 5.32 Å². The van der Waals surface area contributed by atoms with Crippen LogP contribution in [0.1, 0.15) is 76.6 Å². The Morgan fingerprint density at radius 1 is 1.08 bits per heavy atom. The summed E-state index contributed by atoms with van der Waals surface area (Å²) in [6, 6.07) is 16.0. The number of hydrogen-bond donors (Lipinski definition) is 2. The molecule has 0 radical (unpaired) electrons. The molecule has 0 saturated heterocycles. The lowest BCUT2D eigenvalue weighted by Crippen LogP contribution is -2.31. The van der Waals surface area contributed by atoms with E-state index in [0.717, 1.165) is 30.4 Å². The quantitative estimate of drug-likeness (QED) is 0.338. The maximum Gasteiger partial charge on any atom is 0.255 e. The smallest absolute Gasteiger partial charge is 0.255 e. The number of anilines is 1. The second-order valence-corrected chi connectivity index (χ2v) is 12.5. The summed E-state index contributed by atoms with van der Waals surface area (Å²) in [7, 11) is -1.37. The van der Waals surface area contributed by atoms with Crippen molar-refractivity contribution in [3.63, 3.8) is 0 Å². The van der Waals surface area contributed by atoms with Gasteiger partial charge in [0.2, 0.25) is 0 Å². The monoisotopic (exact) mass is 545 g/mol. The molecule has 0 aromatic heterocycles. The van der Waals surface area contributed by atoms with Crippen molar-refractivity contribution in [3.05, 3.63) is 94.3 Å². The number of ketones is 1. The Balaban J connectivity index is 1.48. The molecule has 3 unspecified atom stereocenters. The summed E-state index contributed by atoms with van der Waals surface area (Å²) in [5, 5.41) is 14.1. The van der Waals surface area contributed by atoms with Crippen molar-refractivity contribution < 1.29 is 18.9 Å². The summed E-state index contributed by atoms with van der Waals surface area (Å²) in [5.41, 5.74) is 4.87. The molecular weight excluding hydrogens is 506 g/mol. The Kier molecular flexibility index (Phi) is 9.06. The largest absolute Gasteiger partial charge is 0.512 e. The van der Waals surface area contributed by atoms with Gasteiger partial charge in [-0.05, 0) is 79.4 Å². The van der Waals surface area contributed by atoms with E-state index in [1.807, 2.05) is 6.07 Å². The van der Waals surface area contributed by atoms with Crippen LogP contribution in [0.15, 0.2) is 93.6 Å². The molecule has 3 atom stereocenters. The number of para-hydroxylation sites is 1. The van der Waals surface area contributed by atoms with Gasteiger partial charge in [-0.15, -0.1) is 0 Å². The van der Waals surface area contributed by atoms with E-state index in [0.29, 0.717) is 46.7 Å². The SMILES string of the molecule is CCC1=C(C2=C(O)CC(CCS(=O)c3ccccc3NC(=O)c3ccccc3)CC2=O)C(C)(CC)CC(C)=C1. The molecule has 0 spiro atoms. The van der Waals surface area contributed by atoms with E-state index in [1.165, 1.54) is 5.57 Å². The van der Waals surface area contributed by atoms with Crippen molar-refractivity contribution in [1.29, 1.82) is 0 Å². The summed E-state index contributed by atoms with van der Waals surface area (Å²) in [4.78, 5) is 26.7. The van der Waals surface area contributed by atoms with Crippen LogP contribution in [-0.4, -0.2) is 26.8 Å². The predicted octanol–water partition coefficient (Wildman–Crippen LogP) is 7.70. The van der Waals surface area contributed by atoms with Gasteiger partial charge in [-0.2, -0.15) is 0 Å². The number of rotatable bonds is 9. The topological polar surface area (TPSA) is 83.5 Å². The highest BCUT2D eigenvalue weighted by Gasteiger charge is 2.40. The maximum atomic E-state index is 13.5. The lowest BCUT2D eigenvalue weighted by atomic mass is 9.64. The highest BCUT2D eigenvalue weighted by molar-refractivity contribution is 7.85. The Labute approximate surface area is 234 Å². The number of Topliss-reactive ketones (excluding diaryl/α,β-unsaturated/α-hetero) is 1. The Morgan fingerprint density at radius 2 is 1.77 bits per heavy atom. The highest BCUT2D eigenvalue weighted by atomic mass is 32.2. The third-order valence-electron chi connectivity index (χ3n) is 8.08.